The molecule has 4 nitrogen and oxygen atoms in total. The Morgan fingerprint density at radius 2 is 1.92 bits per heavy atom. The molecular weight excluding hydrogens is 350 g/mol. The molecule has 26 heavy (non-hydrogen) atoms. The molecule has 2 heterocycles. The van der Waals surface area contributed by atoms with Crippen molar-refractivity contribution in [3.8, 4) is 11.1 Å². The van der Waals surface area contributed by atoms with Gasteiger partial charge in [-0.15, -0.1) is 0 Å². The molecule has 0 spiro atoms. The normalized spacial score (nSPS) is 11.0. The predicted molar refractivity (Wildman–Crippen MR) is 101 cm³/mol. The number of aryl methyl sites for hydroxylation is 1. The third kappa shape index (κ3) is 3.11. The zero-order valence-electron chi connectivity index (χ0n) is 14.1. The summed E-state index contributed by atoms with van der Waals surface area (Å²) in [6.45, 7) is 2.30. The number of carbonyl (C=O) groups excluding carboxylic acids is 1. The molecule has 0 aliphatic rings. The van der Waals surface area contributed by atoms with E-state index in [0.29, 0.717) is 22.9 Å². The van der Waals surface area contributed by atoms with E-state index in [1.165, 1.54) is 0 Å². The van der Waals surface area contributed by atoms with E-state index >= 15 is 0 Å². The number of benzene rings is 2. The van der Waals surface area contributed by atoms with E-state index in [9.17, 15) is 4.79 Å². The molecule has 5 heteroatoms. The van der Waals surface area contributed by atoms with Crippen molar-refractivity contribution in [2.75, 3.05) is 0 Å². The largest absolute Gasteiger partial charge is 0.467 e. The molecule has 2 aromatic carbocycles. The molecular formula is C21H16ClNO3. The lowest BCUT2D eigenvalue weighted by molar-refractivity contribution is 0.0923. The zero-order chi connectivity index (χ0) is 18.1. The van der Waals surface area contributed by atoms with Crippen LogP contribution in [-0.4, -0.2) is 5.91 Å². The molecule has 1 amide bonds. The number of amides is 1. The molecule has 0 fully saturated rings. The Labute approximate surface area is 155 Å². The maximum Gasteiger partial charge on any atom is 0.288 e. The Bertz CT molecular complexity index is 1060. The molecule has 0 atom stereocenters. The van der Waals surface area contributed by atoms with Crippen molar-refractivity contribution in [3.05, 3.63) is 83.0 Å². The second-order valence-electron chi connectivity index (χ2n) is 6.07. The first-order valence-electron chi connectivity index (χ1n) is 8.21. The highest BCUT2D eigenvalue weighted by molar-refractivity contribution is 6.30. The summed E-state index contributed by atoms with van der Waals surface area (Å²) in [6.07, 6.45) is 1.57. The first-order chi connectivity index (χ1) is 12.6. The van der Waals surface area contributed by atoms with Gasteiger partial charge in [-0.25, -0.2) is 0 Å². The summed E-state index contributed by atoms with van der Waals surface area (Å²) in [6, 6.07) is 16.8. The van der Waals surface area contributed by atoms with Gasteiger partial charge in [0.15, 0.2) is 0 Å². The van der Waals surface area contributed by atoms with Crippen LogP contribution in [0.4, 0.5) is 0 Å². The average Bonchev–Trinajstić information content (AvgIpc) is 3.28. The highest BCUT2D eigenvalue weighted by Gasteiger charge is 2.22. The fraction of sp³-hybridized carbons (Fsp3) is 0.0952. The minimum Gasteiger partial charge on any atom is -0.467 e. The molecule has 130 valence electrons. The van der Waals surface area contributed by atoms with Crippen LogP contribution >= 0.6 is 11.6 Å². The van der Waals surface area contributed by atoms with E-state index in [1.54, 1.807) is 24.5 Å². The second kappa shape index (κ2) is 6.73. The van der Waals surface area contributed by atoms with Crippen molar-refractivity contribution in [2.45, 2.75) is 13.5 Å². The van der Waals surface area contributed by atoms with E-state index in [2.05, 4.69) is 5.32 Å². The fourth-order valence-electron chi connectivity index (χ4n) is 2.94. The molecule has 4 rings (SSSR count). The summed E-state index contributed by atoms with van der Waals surface area (Å²) in [5, 5.41) is 4.38. The fourth-order valence-corrected chi connectivity index (χ4v) is 3.06. The molecule has 0 bridgehead atoms. The molecule has 4 aromatic rings. The Morgan fingerprint density at radius 1 is 1.12 bits per heavy atom. The minimum absolute atomic E-state index is 0.277. The number of furan rings is 2. The third-order valence-corrected chi connectivity index (χ3v) is 4.44. The zero-order valence-corrected chi connectivity index (χ0v) is 14.8. The standard InChI is InChI=1S/C21H16ClNO3/c1-13-4-9-18-17(11-13)19(14-5-7-15(22)8-6-14)20(26-18)21(24)23-12-16-3-2-10-25-16/h2-11H,12H2,1H3,(H,23,24). The van der Waals surface area contributed by atoms with Gasteiger partial charge in [0.2, 0.25) is 5.76 Å². The van der Waals surface area contributed by atoms with Crippen molar-refractivity contribution >= 4 is 28.5 Å². The SMILES string of the molecule is Cc1ccc2oc(C(=O)NCc3ccco3)c(-c3ccc(Cl)cc3)c2c1. The quantitative estimate of drug-likeness (QED) is 0.513. The second-order valence-corrected chi connectivity index (χ2v) is 6.51. The molecule has 0 unspecified atom stereocenters. The van der Waals surface area contributed by atoms with Crippen molar-refractivity contribution in [1.82, 2.24) is 5.32 Å². The third-order valence-electron chi connectivity index (χ3n) is 4.19. The number of halogens is 1. The Balaban J connectivity index is 1.78. The summed E-state index contributed by atoms with van der Waals surface area (Å²) in [4.78, 5) is 12.8. The molecule has 1 N–H and O–H groups in total. The molecule has 0 radical (unpaired) electrons. The van der Waals surface area contributed by atoms with Gasteiger partial charge in [-0.1, -0.05) is 35.4 Å². The summed E-state index contributed by atoms with van der Waals surface area (Å²) < 4.78 is 11.2. The highest BCUT2D eigenvalue weighted by Crippen LogP contribution is 2.36. The lowest BCUT2D eigenvalue weighted by Gasteiger charge is -2.05. The topological polar surface area (TPSA) is 55.4 Å². The maximum atomic E-state index is 12.8. The Hall–Kier alpha value is -2.98. The van der Waals surface area contributed by atoms with Crippen LogP contribution in [0.25, 0.3) is 22.1 Å². The monoisotopic (exact) mass is 365 g/mol. The number of rotatable bonds is 4. The van der Waals surface area contributed by atoms with E-state index in [1.807, 2.05) is 43.3 Å². The lowest BCUT2D eigenvalue weighted by atomic mass is 10.0. The van der Waals surface area contributed by atoms with Gasteiger partial charge < -0.3 is 14.2 Å². The Morgan fingerprint density at radius 3 is 2.65 bits per heavy atom. The smallest absolute Gasteiger partial charge is 0.288 e. The first-order valence-corrected chi connectivity index (χ1v) is 8.59. The van der Waals surface area contributed by atoms with Gasteiger partial charge in [0.1, 0.15) is 11.3 Å². The predicted octanol–water partition coefficient (Wildman–Crippen LogP) is 5.58. The molecule has 2 aromatic heterocycles. The van der Waals surface area contributed by atoms with Crippen LogP contribution in [0.1, 0.15) is 21.9 Å². The van der Waals surface area contributed by atoms with Crippen molar-refractivity contribution in [3.63, 3.8) is 0 Å². The van der Waals surface area contributed by atoms with Gasteiger partial charge in [0, 0.05) is 16.0 Å². The van der Waals surface area contributed by atoms with Gasteiger partial charge in [0.05, 0.1) is 12.8 Å². The van der Waals surface area contributed by atoms with Gasteiger partial charge in [0.25, 0.3) is 5.91 Å². The van der Waals surface area contributed by atoms with Gasteiger partial charge in [-0.2, -0.15) is 0 Å². The summed E-state index contributed by atoms with van der Waals surface area (Å²) in [5.74, 6) is 0.665. The number of nitrogens with one attached hydrogen (secondary N) is 1. The summed E-state index contributed by atoms with van der Waals surface area (Å²) >= 11 is 6.01. The summed E-state index contributed by atoms with van der Waals surface area (Å²) in [5.41, 5.74) is 3.40. The number of fused-ring (bicyclic) bond motifs is 1. The van der Waals surface area contributed by atoms with Crippen LogP contribution < -0.4 is 5.32 Å². The van der Waals surface area contributed by atoms with Gasteiger partial charge in [-0.3, -0.25) is 4.79 Å². The van der Waals surface area contributed by atoms with Crippen LogP contribution in [0, 0.1) is 6.92 Å². The van der Waals surface area contributed by atoms with Crippen LogP contribution in [0.2, 0.25) is 5.02 Å². The van der Waals surface area contributed by atoms with Crippen molar-refractivity contribution in [1.29, 1.82) is 0 Å². The van der Waals surface area contributed by atoms with Crippen LogP contribution in [-0.2, 0) is 6.54 Å². The van der Waals surface area contributed by atoms with E-state index < -0.39 is 0 Å². The van der Waals surface area contributed by atoms with Crippen LogP contribution in [0.15, 0.2) is 69.7 Å². The van der Waals surface area contributed by atoms with Crippen LogP contribution in [0.5, 0.6) is 0 Å². The first kappa shape index (κ1) is 16.5. The van der Waals surface area contributed by atoms with Crippen molar-refractivity contribution in [2.24, 2.45) is 0 Å². The highest BCUT2D eigenvalue weighted by atomic mass is 35.5. The summed E-state index contributed by atoms with van der Waals surface area (Å²) in [7, 11) is 0. The number of hydrogen-bond donors (Lipinski definition) is 1. The van der Waals surface area contributed by atoms with Gasteiger partial charge >= 0.3 is 0 Å². The number of carbonyl (C=O) groups is 1. The Kier molecular flexibility index (Phi) is 4.27. The molecule has 0 saturated heterocycles. The molecule has 0 aliphatic carbocycles. The average molecular weight is 366 g/mol. The minimum atomic E-state index is -0.291. The molecule has 0 saturated carbocycles. The van der Waals surface area contributed by atoms with E-state index in [-0.39, 0.29) is 11.7 Å². The number of hydrogen-bond acceptors (Lipinski definition) is 3. The lowest BCUT2D eigenvalue weighted by Crippen LogP contribution is -2.22. The molecule has 0 aliphatic heterocycles. The van der Waals surface area contributed by atoms with Crippen LogP contribution in [0.3, 0.4) is 0 Å². The van der Waals surface area contributed by atoms with E-state index in [4.69, 9.17) is 20.4 Å². The van der Waals surface area contributed by atoms with Gasteiger partial charge in [-0.05, 0) is 48.9 Å². The maximum absolute atomic E-state index is 12.8. The van der Waals surface area contributed by atoms with Crippen molar-refractivity contribution < 1.29 is 13.6 Å². The van der Waals surface area contributed by atoms with E-state index in [0.717, 1.165) is 22.1 Å².